The van der Waals surface area contributed by atoms with Crippen molar-refractivity contribution in [1.82, 2.24) is 0 Å². The molecule has 1 heterocycles. The summed E-state index contributed by atoms with van der Waals surface area (Å²) in [6, 6.07) is 4.14. The monoisotopic (exact) mass is 320 g/mol. The van der Waals surface area contributed by atoms with Gasteiger partial charge in [-0.05, 0) is 50.0 Å². The Bertz CT molecular complexity index is 742. The summed E-state index contributed by atoms with van der Waals surface area (Å²) in [5.41, 5.74) is 7.18. The van der Waals surface area contributed by atoms with Crippen molar-refractivity contribution in [3.63, 3.8) is 0 Å². The Hall–Kier alpha value is -2.28. The zero-order valence-electron chi connectivity index (χ0n) is 15.5. The van der Waals surface area contributed by atoms with Crippen LogP contribution in [0.3, 0.4) is 0 Å². The molecule has 1 aliphatic heterocycles. The minimum atomic E-state index is 0.350. The van der Waals surface area contributed by atoms with Crippen molar-refractivity contribution in [3.8, 4) is 5.75 Å². The SMILES string of the molecule is C=C1C(C2C=CC(C)=CC2)=COc2ccc(C)c(/C=C\C)c21.CC. The maximum Gasteiger partial charge on any atom is 0.134 e. The van der Waals surface area contributed by atoms with Crippen LogP contribution in [0.2, 0.25) is 0 Å². The molecule has 1 atom stereocenters. The van der Waals surface area contributed by atoms with Gasteiger partial charge in [0.25, 0.3) is 0 Å². The zero-order chi connectivity index (χ0) is 17.7. The maximum atomic E-state index is 5.92. The summed E-state index contributed by atoms with van der Waals surface area (Å²) in [6.45, 7) is 14.7. The Morgan fingerprint density at radius 1 is 1.21 bits per heavy atom. The van der Waals surface area contributed by atoms with E-state index in [9.17, 15) is 0 Å². The molecule has 0 N–H and O–H groups in total. The second kappa shape index (κ2) is 8.01. The van der Waals surface area contributed by atoms with Crippen molar-refractivity contribution in [3.05, 3.63) is 77.1 Å². The molecule has 0 aromatic heterocycles. The third kappa shape index (κ3) is 3.46. The minimum absolute atomic E-state index is 0.350. The summed E-state index contributed by atoms with van der Waals surface area (Å²) in [5, 5.41) is 0. The van der Waals surface area contributed by atoms with Gasteiger partial charge < -0.3 is 4.74 Å². The number of fused-ring (bicyclic) bond motifs is 1. The predicted molar refractivity (Wildman–Crippen MR) is 106 cm³/mol. The third-order valence-electron chi connectivity index (χ3n) is 4.41. The molecule has 0 saturated carbocycles. The topological polar surface area (TPSA) is 9.23 Å². The van der Waals surface area contributed by atoms with Crippen molar-refractivity contribution in [2.24, 2.45) is 5.92 Å². The lowest BCUT2D eigenvalue weighted by Crippen LogP contribution is -2.12. The fraction of sp³-hybridized carbons (Fsp3) is 0.304. The standard InChI is InChI=1S/C21H22O.C2H6/c1-5-6-18-15(3)9-12-20-21(18)16(4)19(13-22-20)17-10-7-14(2)8-11-17;1-2/h5-10,12-13,17H,4,11H2,1-3H3;1-2H3/b6-5-;. The molecule has 0 radical (unpaired) electrons. The van der Waals surface area contributed by atoms with E-state index in [1.54, 1.807) is 0 Å². The number of hydrogen-bond acceptors (Lipinski definition) is 1. The van der Waals surface area contributed by atoms with Crippen LogP contribution in [0.4, 0.5) is 0 Å². The van der Waals surface area contributed by atoms with Gasteiger partial charge >= 0.3 is 0 Å². The van der Waals surface area contributed by atoms with Gasteiger partial charge in [0.1, 0.15) is 5.75 Å². The first-order chi connectivity index (χ1) is 11.6. The number of aryl methyl sites for hydroxylation is 1. The van der Waals surface area contributed by atoms with Gasteiger partial charge in [-0.25, -0.2) is 0 Å². The highest BCUT2D eigenvalue weighted by molar-refractivity contribution is 5.88. The van der Waals surface area contributed by atoms with Crippen molar-refractivity contribution in [2.75, 3.05) is 0 Å². The molecule has 0 saturated heterocycles. The Kier molecular flexibility index (Phi) is 6.03. The fourth-order valence-electron chi connectivity index (χ4n) is 3.11. The first-order valence-corrected chi connectivity index (χ1v) is 8.79. The molecule has 1 unspecified atom stereocenters. The first-order valence-electron chi connectivity index (χ1n) is 8.79. The van der Waals surface area contributed by atoms with Crippen LogP contribution >= 0.6 is 0 Å². The molecule has 126 valence electrons. The molecule has 2 aliphatic rings. The van der Waals surface area contributed by atoms with Crippen LogP contribution in [0.25, 0.3) is 11.6 Å². The van der Waals surface area contributed by atoms with Crippen LogP contribution in [-0.2, 0) is 0 Å². The van der Waals surface area contributed by atoms with Crippen LogP contribution in [-0.4, -0.2) is 0 Å². The molecule has 0 amide bonds. The third-order valence-corrected chi connectivity index (χ3v) is 4.41. The van der Waals surface area contributed by atoms with E-state index < -0.39 is 0 Å². The molecule has 1 aromatic carbocycles. The van der Waals surface area contributed by atoms with Gasteiger partial charge in [-0.2, -0.15) is 0 Å². The predicted octanol–water partition coefficient (Wildman–Crippen LogP) is 6.87. The summed E-state index contributed by atoms with van der Waals surface area (Å²) in [7, 11) is 0. The largest absolute Gasteiger partial charge is 0.464 e. The lowest BCUT2D eigenvalue weighted by molar-refractivity contribution is 0.463. The van der Waals surface area contributed by atoms with E-state index >= 15 is 0 Å². The average Bonchev–Trinajstić information content (AvgIpc) is 2.60. The van der Waals surface area contributed by atoms with E-state index in [4.69, 9.17) is 4.74 Å². The second-order valence-electron chi connectivity index (χ2n) is 5.99. The number of ether oxygens (including phenoxy) is 1. The fourth-order valence-corrected chi connectivity index (χ4v) is 3.11. The van der Waals surface area contributed by atoms with E-state index in [0.29, 0.717) is 5.92 Å². The zero-order valence-corrected chi connectivity index (χ0v) is 15.5. The highest BCUT2D eigenvalue weighted by Gasteiger charge is 2.25. The molecular weight excluding hydrogens is 292 g/mol. The van der Waals surface area contributed by atoms with Gasteiger partial charge in [-0.15, -0.1) is 0 Å². The molecule has 0 spiro atoms. The van der Waals surface area contributed by atoms with Gasteiger partial charge in [0.2, 0.25) is 0 Å². The maximum absolute atomic E-state index is 5.92. The molecule has 0 bridgehead atoms. The van der Waals surface area contributed by atoms with E-state index in [-0.39, 0.29) is 0 Å². The van der Waals surface area contributed by atoms with Gasteiger partial charge in [-0.3, -0.25) is 0 Å². The van der Waals surface area contributed by atoms with E-state index in [2.05, 4.69) is 56.9 Å². The summed E-state index contributed by atoms with van der Waals surface area (Å²) >= 11 is 0. The first kappa shape index (κ1) is 18.1. The number of allylic oxidation sites excluding steroid dienone is 7. The smallest absolute Gasteiger partial charge is 0.134 e. The number of rotatable bonds is 2. The van der Waals surface area contributed by atoms with E-state index in [0.717, 1.165) is 23.3 Å². The van der Waals surface area contributed by atoms with Crippen LogP contribution in [0, 0.1) is 12.8 Å². The number of hydrogen-bond donors (Lipinski definition) is 0. The van der Waals surface area contributed by atoms with Crippen molar-refractivity contribution in [1.29, 1.82) is 0 Å². The van der Waals surface area contributed by atoms with Crippen molar-refractivity contribution >= 4 is 11.6 Å². The van der Waals surface area contributed by atoms with Gasteiger partial charge in [0.15, 0.2) is 0 Å². The summed E-state index contributed by atoms with van der Waals surface area (Å²) in [5.74, 6) is 1.25. The second-order valence-corrected chi connectivity index (χ2v) is 5.99. The Morgan fingerprint density at radius 2 is 1.96 bits per heavy atom. The molecule has 1 aliphatic carbocycles. The highest BCUT2D eigenvalue weighted by Crippen LogP contribution is 2.43. The van der Waals surface area contributed by atoms with Crippen molar-refractivity contribution in [2.45, 2.75) is 41.0 Å². The van der Waals surface area contributed by atoms with Gasteiger partial charge in [0, 0.05) is 17.1 Å². The Morgan fingerprint density at radius 3 is 2.58 bits per heavy atom. The summed E-state index contributed by atoms with van der Waals surface area (Å²) < 4.78 is 5.92. The van der Waals surface area contributed by atoms with E-state index in [1.807, 2.05) is 33.1 Å². The lowest BCUT2D eigenvalue weighted by atomic mass is 9.82. The molecular formula is C23H28O. The van der Waals surface area contributed by atoms with Gasteiger partial charge in [0.05, 0.1) is 6.26 Å². The minimum Gasteiger partial charge on any atom is -0.464 e. The van der Waals surface area contributed by atoms with Crippen molar-refractivity contribution < 1.29 is 4.74 Å². The molecule has 24 heavy (non-hydrogen) atoms. The molecule has 1 nitrogen and oxygen atoms in total. The molecule has 1 aromatic rings. The summed E-state index contributed by atoms with van der Waals surface area (Å²) in [6.07, 6.45) is 13.8. The van der Waals surface area contributed by atoms with Crippen LogP contribution in [0.15, 0.2) is 60.4 Å². The van der Waals surface area contributed by atoms with E-state index in [1.165, 1.54) is 22.3 Å². The Balaban J connectivity index is 0.00000100. The normalized spacial score (nSPS) is 19.0. The average molecular weight is 320 g/mol. The Labute approximate surface area is 146 Å². The summed E-state index contributed by atoms with van der Waals surface area (Å²) in [4.78, 5) is 0. The quantitative estimate of drug-likeness (QED) is 0.578. The van der Waals surface area contributed by atoms with Gasteiger partial charge in [-0.1, -0.05) is 62.4 Å². The van der Waals surface area contributed by atoms with Crippen LogP contribution in [0.5, 0.6) is 5.75 Å². The number of benzene rings is 1. The van der Waals surface area contributed by atoms with Crippen LogP contribution < -0.4 is 4.74 Å². The highest BCUT2D eigenvalue weighted by atomic mass is 16.5. The lowest BCUT2D eigenvalue weighted by Gasteiger charge is -2.27. The molecule has 3 rings (SSSR count). The molecule has 1 heteroatoms. The molecule has 0 fully saturated rings. The van der Waals surface area contributed by atoms with Crippen LogP contribution in [0.1, 0.15) is 50.8 Å².